The number of rotatable bonds is 3. The fraction of sp³-hybridized carbons (Fsp3) is 0.600. The summed E-state index contributed by atoms with van der Waals surface area (Å²) < 4.78 is 0. The Kier molecular flexibility index (Phi) is 2.53. The SMILES string of the molecule is CC(C)C1(N)CN(CC2Cc3ccccc32)C1. The van der Waals surface area contributed by atoms with Gasteiger partial charge in [0.15, 0.2) is 0 Å². The van der Waals surface area contributed by atoms with Crippen molar-refractivity contribution in [1.82, 2.24) is 4.90 Å². The Hall–Kier alpha value is -0.860. The van der Waals surface area contributed by atoms with Crippen molar-refractivity contribution in [3.8, 4) is 0 Å². The van der Waals surface area contributed by atoms with E-state index in [1.165, 1.54) is 13.0 Å². The van der Waals surface area contributed by atoms with Gasteiger partial charge in [-0.25, -0.2) is 0 Å². The molecule has 2 aliphatic rings. The lowest BCUT2D eigenvalue weighted by Crippen LogP contribution is -2.70. The smallest absolute Gasteiger partial charge is 0.0435 e. The molecule has 2 heteroatoms. The highest BCUT2D eigenvalue weighted by Crippen LogP contribution is 2.37. The molecular weight excluding hydrogens is 208 g/mol. The molecule has 1 unspecified atom stereocenters. The number of hydrogen-bond acceptors (Lipinski definition) is 2. The maximum Gasteiger partial charge on any atom is 0.0435 e. The predicted molar refractivity (Wildman–Crippen MR) is 71.1 cm³/mol. The fourth-order valence-corrected chi connectivity index (χ4v) is 3.12. The second-order valence-electron chi connectivity index (χ2n) is 6.16. The molecule has 1 fully saturated rings. The summed E-state index contributed by atoms with van der Waals surface area (Å²) in [6.45, 7) is 7.81. The molecule has 1 aliphatic carbocycles. The van der Waals surface area contributed by atoms with Gasteiger partial charge < -0.3 is 5.73 Å². The van der Waals surface area contributed by atoms with Crippen LogP contribution in [-0.4, -0.2) is 30.1 Å². The monoisotopic (exact) mass is 230 g/mol. The molecule has 2 nitrogen and oxygen atoms in total. The summed E-state index contributed by atoms with van der Waals surface area (Å²) in [6, 6.07) is 8.83. The third-order valence-electron chi connectivity index (χ3n) is 4.63. The van der Waals surface area contributed by atoms with E-state index in [1.807, 2.05) is 0 Å². The van der Waals surface area contributed by atoms with Crippen LogP contribution in [0.4, 0.5) is 0 Å². The van der Waals surface area contributed by atoms with Gasteiger partial charge in [0.05, 0.1) is 0 Å². The molecule has 0 bridgehead atoms. The molecule has 0 saturated carbocycles. The zero-order valence-electron chi connectivity index (χ0n) is 10.8. The van der Waals surface area contributed by atoms with E-state index in [0.717, 1.165) is 19.0 Å². The largest absolute Gasteiger partial charge is 0.323 e. The van der Waals surface area contributed by atoms with E-state index in [2.05, 4.69) is 43.0 Å². The van der Waals surface area contributed by atoms with Gasteiger partial charge in [-0.05, 0) is 23.5 Å². The van der Waals surface area contributed by atoms with E-state index in [9.17, 15) is 0 Å². The Morgan fingerprint density at radius 3 is 2.71 bits per heavy atom. The van der Waals surface area contributed by atoms with Gasteiger partial charge in [-0.15, -0.1) is 0 Å². The van der Waals surface area contributed by atoms with Gasteiger partial charge in [-0.2, -0.15) is 0 Å². The van der Waals surface area contributed by atoms with Crippen LogP contribution in [0.3, 0.4) is 0 Å². The lowest BCUT2D eigenvalue weighted by atomic mass is 9.75. The van der Waals surface area contributed by atoms with Crippen molar-refractivity contribution in [3.63, 3.8) is 0 Å². The summed E-state index contributed by atoms with van der Waals surface area (Å²) in [5, 5.41) is 0. The van der Waals surface area contributed by atoms with E-state index < -0.39 is 0 Å². The van der Waals surface area contributed by atoms with Gasteiger partial charge in [-0.1, -0.05) is 38.1 Å². The minimum atomic E-state index is 0.0727. The number of nitrogens with two attached hydrogens (primary N) is 1. The summed E-state index contributed by atoms with van der Waals surface area (Å²) in [4.78, 5) is 2.51. The molecule has 1 heterocycles. The summed E-state index contributed by atoms with van der Waals surface area (Å²) >= 11 is 0. The Balaban J connectivity index is 1.56. The molecule has 3 rings (SSSR count). The van der Waals surface area contributed by atoms with Crippen LogP contribution in [0.15, 0.2) is 24.3 Å². The zero-order chi connectivity index (χ0) is 12.0. The van der Waals surface area contributed by atoms with Crippen LogP contribution in [0.2, 0.25) is 0 Å². The average molecular weight is 230 g/mol. The number of fused-ring (bicyclic) bond motifs is 1. The van der Waals surface area contributed by atoms with Gasteiger partial charge in [0.2, 0.25) is 0 Å². The van der Waals surface area contributed by atoms with Crippen LogP contribution in [0.5, 0.6) is 0 Å². The molecule has 1 saturated heterocycles. The second kappa shape index (κ2) is 3.82. The lowest BCUT2D eigenvalue weighted by Gasteiger charge is -2.52. The first-order valence-corrected chi connectivity index (χ1v) is 6.67. The van der Waals surface area contributed by atoms with Crippen LogP contribution in [-0.2, 0) is 6.42 Å². The van der Waals surface area contributed by atoms with Crippen LogP contribution < -0.4 is 5.73 Å². The molecule has 2 N–H and O–H groups in total. The Morgan fingerprint density at radius 1 is 1.35 bits per heavy atom. The lowest BCUT2D eigenvalue weighted by molar-refractivity contribution is 0.0311. The second-order valence-corrected chi connectivity index (χ2v) is 6.16. The fourth-order valence-electron chi connectivity index (χ4n) is 3.12. The Morgan fingerprint density at radius 2 is 2.06 bits per heavy atom. The van der Waals surface area contributed by atoms with Gasteiger partial charge >= 0.3 is 0 Å². The molecule has 1 atom stereocenters. The van der Waals surface area contributed by atoms with Crippen LogP contribution in [0.25, 0.3) is 0 Å². The molecule has 1 aromatic rings. The van der Waals surface area contributed by atoms with Crippen molar-refractivity contribution >= 4 is 0 Å². The number of hydrogen-bond donors (Lipinski definition) is 1. The number of likely N-dealkylation sites (tertiary alicyclic amines) is 1. The van der Waals surface area contributed by atoms with Gasteiger partial charge in [0.1, 0.15) is 0 Å². The molecular formula is C15H22N2. The maximum atomic E-state index is 6.32. The van der Waals surface area contributed by atoms with Crippen molar-refractivity contribution in [1.29, 1.82) is 0 Å². The summed E-state index contributed by atoms with van der Waals surface area (Å²) in [6.07, 6.45) is 1.26. The van der Waals surface area contributed by atoms with Crippen molar-refractivity contribution in [3.05, 3.63) is 35.4 Å². The zero-order valence-corrected chi connectivity index (χ0v) is 10.8. The van der Waals surface area contributed by atoms with Gasteiger partial charge in [0.25, 0.3) is 0 Å². The first kappa shape index (κ1) is 11.2. The number of benzene rings is 1. The molecule has 0 radical (unpaired) electrons. The highest BCUT2D eigenvalue weighted by atomic mass is 15.3. The first-order valence-electron chi connectivity index (χ1n) is 6.67. The third-order valence-corrected chi connectivity index (χ3v) is 4.63. The van der Waals surface area contributed by atoms with Crippen molar-refractivity contribution in [2.24, 2.45) is 11.7 Å². The quantitative estimate of drug-likeness (QED) is 0.860. The molecule has 1 aromatic carbocycles. The maximum absolute atomic E-state index is 6.32. The van der Waals surface area contributed by atoms with Crippen molar-refractivity contribution < 1.29 is 0 Å². The van der Waals surface area contributed by atoms with E-state index in [4.69, 9.17) is 5.73 Å². The van der Waals surface area contributed by atoms with E-state index in [1.54, 1.807) is 11.1 Å². The summed E-state index contributed by atoms with van der Waals surface area (Å²) in [5.74, 6) is 1.34. The molecule has 17 heavy (non-hydrogen) atoms. The van der Waals surface area contributed by atoms with Crippen LogP contribution in [0, 0.1) is 5.92 Å². The van der Waals surface area contributed by atoms with Crippen LogP contribution in [0.1, 0.15) is 30.9 Å². The topological polar surface area (TPSA) is 29.3 Å². The van der Waals surface area contributed by atoms with E-state index in [-0.39, 0.29) is 5.54 Å². The molecule has 0 spiro atoms. The van der Waals surface area contributed by atoms with Crippen LogP contribution >= 0.6 is 0 Å². The first-order chi connectivity index (χ1) is 8.08. The summed E-state index contributed by atoms with van der Waals surface area (Å²) in [7, 11) is 0. The minimum absolute atomic E-state index is 0.0727. The van der Waals surface area contributed by atoms with Gasteiger partial charge in [-0.3, -0.25) is 4.90 Å². The van der Waals surface area contributed by atoms with E-state index in [0.29, 0.717) is 5.92 Å². The normalized spacial score (nSPS) is 26.2. The Labute approximate surface area is 104 Å². The predicted octanol–water partition coefficient (Wildman–Crippen LogP) is 2.00. The standard InChI is InChI=1S/C15H22N2/c1-11(2)15(16)9-17(10-15)8-13-7-12-5-3-4-6-14(12)13/h3-6,11,13H,7-10,16H2,1-2H3. The van der Waals surface area contributed by atoms with Gasteiger partial charge in [0, 0.05) is 31.1 Å². The highest BCUT2D eigenvalue weighted by Gasteiger charge is 2.43. The van der Waals surface area contributed by atoms with E-state index >= 15 is 0 Å². The Bertz CT molecular complexity index is 419. The number of nitrogens with zero attached hydrogens (tertiary/aromatic N) is 1. The van der Waals surface area contributed by atoms with Crippen molar-refractivity contribution in [2.75, 3.05) is 19.6 Å². The average Bonchev–Trinajstić information content (AvgIpc) is 2.22. The highest BCUT2D eigenvalue weighted by molar-refractivity contribution is 5.40. The third kappa shape index (κ3) is 1.80. The molecule has 0 aromatic heterocycles. The minimum Gasteiger partial charge on any atom is -0.323 e. The van der Waals surface area contributed by atoms with Crippen molar-refractivity contribution in [2.45, 2.75) is 31.7 Å². The molecule has 1 aliphatic heterocycles. The summed E-state index contributed by atoms with van der Waals surface area (Å²) in [5.41, 5.74) is 9.50. The molecule has 0 amide bonds. The molecule has 92 valence electrons.